The van der Waals surface area contributed by atoms with Crippen molar-refractivity contribution in [1.29, 1.82) is 0 Å². The molecular weight excluding hydrogens is 312 g/mol. The molecule has 1 N–H and O–H groups in total. The zero-order valence-electron chi connectivity index (χ0n) is 13.0. The Morgan fingerprint density at radius 1 is 1.22 bits per heavy atom. The van der Waals surface area contributed by atoms with E-state index < -0.39 is 5.97 Å². The highest BCUT2D eigenvalue weighted by Gasteiger charge is 2.06. The van der Waals surface area contributed by atoms with Crippen LogP contribution in [0, 0.1) is 0 Å². The summed E-state index contributed by atoms with van der Waals surface area (Å²) in [7, 11) is 3.88. The van der Waals surface area contributed by atoms with Crippen molar-refractivity contribution in [3.63, 3.8) is 0 Å². The van der Waals surface area contributed by atoms with Crippen LogP contribution in [0.2, 0.25) is 0 Å². The maximum atomic E-state index is 11.7. The van der Waals surface area contributed by atoms with Gasteiger partial charge in [0.2, 0.25) is 0 Å². The van der Waals surface area contributed by atoms with Crippen molar-refractivity contribution in [2.75, 3.05) is 30.9 Å². The van der Waals surface area contributed by atoms with Gasteiger partial charge < -0.3 is 15.0 Å². The lowest BCUT2D eigenvalue weighted by atomic mass is 10.2. The molecule has 2 rings (SSSR count). The van der Waals surface area contributed by atoms with E-state index in [1.165, 1.54) is 6.08 Å². The van der Waals surface area contributed by atoms with Crippen LogP contribution < -0.4 is 10.2 Å². The van der Waals surface area contributed by atoms with Gasteiger partial charge in [-0.1, -0.05) is 0 Å². The van der Waals surface area contributed by atoms with Crippen molar-refractivity contribution >= 4 is 40.7 Å². The van der Waals surface area contributed by atoms with Gasteiger partial charge in [0.25, 0.3) is 5.91 Å². The Hall–Kier alpha value is -2.60. The number of carbonyl (C=O) groups is 2. The number of hydrogen-bond donors (Lipinski definition) is 1. The summed E-state index contributed by atoms with van der Waals surface area (Å²) in [5, 5.41) is 6.50. The van der Waals surface area contributed by atoms with E-state index >= 15 is 0 Å². The van der Waals surface area contributed by atoms with Crippen LogP contribution in [-0.2, 0) is 14.3 Å². The minimum Gasteiger partial charge on any atom is -0.452 e. The topological polar surface area (TPSA) is 58.6 Å². The third-order valence-corrected chi connectivity index (χ3v) is 3.67. The number of benzene rings is 1. The number of rotatable bonds is 6. The van der Waals surface area contributed by atoms with E-state index in [0.717, 1.165) is 11.3 Å². The molecule has 0 spiro atoms. The summed E-state index contributed by atoms with van der Waals surface area (Å²) in [4.78, 5) is 25.2. The van der Waals surface area contributed by atoms with Crippen molar-refractivity contribution in [2.24, 2.45) is 0 Å². The summed E-state index contributed by atoms with van der Waals surface area (Å²) in [6.45, 7) is -0.317. The lowest BCUT2D eigenvalue weighted by Gasteiger charge is -2.13. The number of carbonyl (C=O) groups excluding carboxylic acids is 2. The maximum absolute atomic E-state index is 11.7. The summed E-state index contributed by atoms with van der Waals surface area (Å²) < 4.78 is 4.89. The van der Waals surface area contributed by atoms with E-state index in [-0.39, 0.29) is 12.5 Å². The van der Waals surface area contributed by atoms with Crippen molar-refractivity contribution in [1.82, 2.24) is 0 Å². The molecule has 23 heavy (non-hydrogen) atoms. The summed E-state index contributed by atoms with van der Waals surface area (Å²) in [6.07, 6.45) is 2.96. The minimum atomic E-state index is -0.547. The SMILES string of the molecule is CN(C)c1ccc(NC(=O)COC(=O)/C=C/c2ccsc2)cc1. The second kappa shape index (κ2) is 8.14. The Kier molecular flexibility index (Phi) is 5.94. The second-order valence-corrected chi connectivity index (χ2v) is 5.77. The fourth-order valence-corrected chi connectivity index (χ4v) is 2.39. The molecule has 1 heterocycles. The molecule has 1 aromatic heterocycles. The molecule has 0 atom stereocenters. The van der Waals surface area contributed by atoms with Gasteiger partial charge in [-0.25, -0.2) is 4.79 Å². The first-order valence-corrected chi connectivity index (χ1v) is 7.93. The van der Waals surface area contributed by atoms with E-state index in [9.17, 15) is 9.59 Å². The quantitative estimate of drug-likeness (QED) is 0.653. The summed E-state index contributed by atoms with van der Waals surface area (Å²) in [6, 6.07) is 9.27. The van der Waals surface area contributed by atoms with Gasteiger partial charge in [-0.05, 0) is 52.7 Å². The first kappa shape index (κ1) is 16.8. The maximum Gasteiger partial charge on any atom is 0.331 e. The first-order valence-electron chi connectivity index (χ1n) is 6.99. The van der Waals surface area contributed by atoms with Crippen molar-refractivity contribution in [3.8, 4) is 0 Å². The van der Waals surface area contributed by atoms with E-state index in [4.69, 9.17) is 4.74 Å². The first-order chi connectivity index (χ1) is 11.0. The molecule has 5 nitrogen and oxygen atoms in total. The molecule has 0 aliphatic carbocycles. The highest BCUT2D eigenvalue weighted by atomic mass is 32.1. The molecule has 0 aliphatic rings. The number of ether oxygens (including phenoxy) is 1. The number of thiophene rings is 1. The molecule has 0 bridgehead atoms. The summed E-state index contributed by atoms with van der Waals surface area (Å²) in [5.74, 6) is -0.922. The second-order valence-electron chi connectivity index (χ2n) is 4.99. The van der Waals surface area contributed by atoms with Crippen LogP contribution in [0.3, 0.4) is 0 Å². The van der Waals surface area contributed by atoms with Crippen molar-refractivity contribution in [2.45, 2.75) is 0 Å². The van der Waals surface area contributed by atoms with Gasteiger partial charge in [-0.2, -0.15) is 11.3 Å². The molecule has 6 heteroatoms. The van der Waals surface area contributed by atoms with E-state index in [1.54, 1.807) is 29.5 Å². The Balaban J connectivity index is 1.77. The van der Waals surface area contributed by atoms with Crippen molar-refractivity contribution < 1.29 is 14.3 Å². The number of esters is 1. The standard InChI is InChI=1S/C17H18N2O3S/c1-19(2)15-6-4-14(5-7-15)18-16(20)11-22-17(21)8-3-13-9-10-23-12-13/h3-10,12H,11H2,1-2H3,(H,18,20)/b8-3+. The number of nitrogens with one attached hydrogen (secondary N) is 1. The molecule has 2 aromatic rings. The lowest BCUT2D eigenvalue weighted by molar-refractivity contribution is -0.142. The van der Waals surface area contributed by atoms with Crippen LogP contribution in [0.15, 0.2) is 47.2 Å². The fourth-order valence-electron chi connectivity index (χ4n) is 1.76. The van der Waals surface area contributed by atoms with Gasteiger partial charge in [0, 0.05) is 31.5 Å². The number of anilines is 2. The number of hydrogen-bond acceptors (Lipinski definition) is 5. The highest BCUT2D eigenvalue weighted by Crippen LogP contribution is 2.15. The molecule has 0 radical (unpaired) electrons. The largest absolute Gasteiger partial charge is 0.452 e. The van der Waals surface area contributed by atoms with Crippen LogP contribution >= 0.6 is 11.3 Å². The van der Waals surface area contributed by atoms with Gasteiger partial charge in [0.15, 0.2) is 6.61 Å². The smallest absolute Gasteiger partial charge is 0.331 e. The summed E-state index contributed by atoms with van der Waals surface area (Å²) >= 11 is 1.54. The van der Waals surface area contributed by atoms with Gasteiger partial charge >= 0.3 is 5.97 Å². The van der Waals surface area contributed by atoms with Crippen LogP contribution in [0.4, 0.5) is 11.4 Å². The molecule has 120 valence electrons. The highest BCUT2D eigenvalue weighted by molar-refractivity contribution is 7.08. The Labute approximate surface area is 139 Å². The van der Waals surface area contributed by atoms with Crippen LogP contribution in [0.25, 0.3) is 6.08 Å². The van der Waals surface area contributed by atoms with Gasteiger partial charge in [0.05, 0.1) is 0 Å². The number of amides is 1. The lowest BCUT2D eigenvalue weighted by Crippen LogP contribution is -2.20. The Morgan fingerprint density at radius 3 is 2.57 bits per heavy atom. The molecule has 0 fully saturated rings. The van der Waals surface area contributed by atoms with Crippen LogP contribution in [0.1, 0.15) is 5.56 Å². The predicted octanol–water partition coefficient (Wildman–Crippen LogP) is 3.01. The molecular formula is C17H18N2O3S. The molecule has 1 amide bonds. The average molecular weight is 330 g/mol. The molecule has 0 saturated carbocycles. The van der Waals surface area contributed by atoms with E-state index in [0.29, 0.717) is 5.69 Å². The third kappa shape index (κ3) is 5.60. The summed E-state index contributed by atoms with van der Waals surface area (Å²) in [5.41, 5.74) is 2.62. The average Bonchev–Trinajstić information content (AvgIpc) is 3.05. The van der Waals surface area contributed by atoms with E-state index in [2.05, 4.69) is 5.32 Å². The Bertz CT molecular complexity index is 676. The molecule has 0 unspecified atom stereocenters. The monoisotopic (exact) mass is 330 g/mol. The van der Waals surface area contributed by atoms with Gasteiger partial charge in [-0.3, -0.25) is 4.79 Å². The molecule has 0 aliphatic heterocycles. The Morgan fingerprint density at radius 2 is 1.96 bits per heavy atom. The number of nitrogens with zero attached hydrogens (tertiary/aromatic N) is 1. The van der Waals surface area contributed by atoms with E-state index in [1.807, 2.05) is 48.0 Å². The zero-order valence-corrected chi connectivity index (χ0v) is 13.8. The van der Waals surface area contributed by atoms with Crippen LogP contribution in [-0.4, -0.2) is 32.6 Å². The van der Waals surface area contributed by atoms with Gasteiger partial charge in [0.1, 0.15) is 0 Å². The molecule has 0 saturated heterocycles. The van der Waals surface area contributed by atoms with Crippen LogP contribution in [0.5, 0.6) is 0 Å². The van der Waals surface area contributed by atoms with Gasteiger partial charge in [-0.15, -0.1) is 0 Å². The minimum absolute atomic E-state index is 0.317. The third-order valence-electron chi connectivity index (χ3n) is 2.97. The normalized spacial score (nSPS) is 10.5. The fraction of sp³-hybridized carbons (Fsp3) is 0.176. The zero-order chi connectivity index (χ0) is 16.7. The van der Waals surface area contributed by atoms with Crippen molar-refractivity contribution in [3.05, 3.63) is 52.7 Å². The molecule has 1 aromatic carbocycles. The predicted molar refractivity (Wildman–Crippen MR) is 93.7 cm³/mol.